The molecule has 0 radical (unpaired) electrons. The lowest BCUT2D eigenvalue weighted by Crippen LogP contribution is -2.29. The number of benzene rings is 3. The van der Waals surface area contributed by atoms with E-state index in [1.807, 2.05) is 56.3 Å². The lowest BCUT2D eigenvalue weighted by Gasteiger charge is -2.24. The molecule has 0 fully saturated rings. The van der Waals surface area contributed by atoms with Crippen LogP contribution in [0.25, 0.3) is 11.3 Å². The number of carbonyl (C=O) groups excluding carboxylic acids is 1. The first-order chi connectivity index (χ1) is 17.9. The summed E-state index contributed by atoms with van der Waals surface area (Å²) in [6, 6.07) is 22.6. The Morgan fingerprint density at radius 2 is 1.57 bits per heavy atom. The molecule has 2 N–H and O–H groups in total. The van der Waals surface area contributed by atoms with Gasteiger partial charge in [-0.05, 0) is 63.6 Å². The molecule has 1 aliphatic heterocycles. The van der Waals surface area contributed by atoms with Crippen molar-refractivity contribution in [3.05, 3.63) is 83.4 Å². The van der Waals surface area contributed by atoms with E-state index in [9.17, 15) is 4.79 Å². The van der Waals surface area contributed by atoms with Crippen LogP contribution in [0.1, 0.15) is 51.3 Å². The molecule has 3 aromatic carbocycles. The predicted octanol–water partition coefficient (Wildman–Crippen LogP) is 6.65. The molecule has 37 heavy (non-hydrogen) atoms. The molecule has 1 aliphatic rings. The van der Waals surface area contributed by atoms with Crippen molar-refractivity contribution in [2.24, 2.45) is 0 Å². The van der Waals surface area contributed by atoms with Gasteiger partial charge in [0, 0.05) is 29.9 Å². The lowest BCUT2D eigenvalue weighted by atomic mass is 9.99. The van der Waals surface area contributed by atoms with Crippen molar-refractivity contribution in [1.82, 2.24) is 4.90 Å². The van der Waals surface area contributed by atoms with E-state index < -0.39 is 0 Å². The second-order valence-electron chi connectivity index (χ2n) is 9.26. The van der Waals surface area contributed by atoms with E-state index in [0.717, 1.165) is 35.6 Å². The summed E-state index contributed by atoms with van der Waals surface area (Å²) in [5, 5.41) is 6.57. The Labute approximate surface area is 220 Å². The minimum atomic E-state index is -0.162. The van der Waals surface area contributed by atoms with Crippen LogP contribution in [0.5, 0.6) is 11.5 Å². The highest BCUT2D eigenvalue weighted by Gasteiger charge is 2.30. The van der Waals surface area contributed by atoms with Crippen molar-refractivity contribution in [2.45, 2.75) is 47.2 Å². The number of amides is 1. The standard InChI is InChI=1S/C31H37N3O3/c1-6-34(21(4)5)20-22-14-16-24(17-15-22)32-30(23-12-10-9-11-13-23)29-25-18-27(36-7-2)28(37-8-3)19-26(25)33-31(29)35/h9-19,21,32H,6-8,20H2,1-5H3,(H,33,35)/b30-29-. The third kappa shape index (κ3) is 5.97. The van der Waals surface area contributed by atoms with Crippen LogP contribution < -0.4 is 20.1 Å². The number of carbonyl (C=O) groups is 1. The van der Waals surface area contributed by atoms with Crippen LogP contribution in [0.2, 0.25) is 0 Å². The molecule has 6 heteroatoms. The molecular formula is C31H37N3O3. The van der Waals surface area contributed by atoms with Crippen LogP contribution in [-0.2, 0) is 11.3 Å². The van der Waals surface area contributed by atoms with E-state index >= 15 is 0 Å². The largest absolute Gasteiger partial charge is 0.490 e. The Kier molecular flexibility index (Phi) is 8.51. The van der Waals surface area contributed by atoms with Crippen molar-refractivity contribution in [1.29, 1.82) is 0 Å². The number of anilines is 2. The molecule has 0 unspecified atom stereocenters. The molecule has 1 heterocycles. The average Bonchev–Trinajstić information content (AvgIpc) is 3.21. The fourth-order valence-corrected chi connectivity index (χ4v) is 4.58. The maximum absolute atomic E-state index is 13.4. The second kappa shape index (κ2) is 12.0. The zero-order chi connectivity index (χ0) is 26.4. The Hall–Kier alpha value is -3.77. The van der Waals surface area contributed by atoms with Gasteiger partial charge in [0.2, 0.25) is 0 Å². The Balaban J connectivity index is 1.75. The maximum Gasteiger partial charge on any atom is 0.258 e. The molecule has 0 aliphatic carbocycles. The number of hydrogen-bond acceptors (Lipinski definition) is 5. The molecular weight excluding hydrogens is 462 g/mol. The zero-order valence-corrected chi connectivity index (χ0v) is 22.4. The number of nitrogens with zero attached hydrogens (tertiary/aromatic N) is 1. The van der Waals surface area contributed by atoms with Gasteiger partial charge in [0.05, 0.1) is 30.2 Å². The molecule has 194 valence electrons. The third-order valence-electron chi connectivity index (χ3n) is 6.49. The van der Waals surface area contributed by atoms with Gasteiger partial charge in [-0.1, -0.05) is 49.4 Å². The summed E-state index contributed by atoms with van der Waals surface area (Å²) in [5.41, 5.74) is 5.91. The summed E-state index contributed by atoms with van der Waals surface area (Å²) in [5.74, 6) is 1.08. The Morgan fingerprint density at radius 3 is 2.16 bits per heavy atom. The fourth-order valence-electron chi connectivity index (χ4n) is 4.58. The normalized spacial score (nSPS) is 14.0. The molecule has 0 atom stereocenters. The molecule has 1 amide bonds. The first-order valence-electron chi connectivity index (χ1n) is 13.1. The van der Waals surface area contributed by atoms with Crippen molar-refractivity contribution < 1.29 is 14.3 Å². The van der Waals surface area contributed by atoms with Crippen LogP contribution in [0.15, 0.2) is 66.7 Å². The minimum absolute atomic E-state index is 0.162. The van der Waals surface area contributed by atoms with E-state index in [1.54, 1.807) is 0 Å². The van der Waals surface area contributed by atoms with Crippen LogP contribution in [0.4, 0.5) is 11.4 Å². The van der Waals surface area contributed by atoms with Gasteiger partial charge in [0.15, 0.2) is 11.5 Å². The van der Waals surface area contributed by atoms with Gasteiger partial charge in [-0.25, -0.2) is 0 Å². The summed E-state index contributed by atoms with van der Waals surface area (Å²) in [7, 11) is 0. The predicted molar refractivity (Wildman–Crippen MR) is 152 cm³/mol. The lowest BCUT2D eigenvalue weighted by molar-refractivity contribution is -0.110. The van der Waals surface area contributed by atoms with Gasteiger partial charge < -0.3 is 20.1 Å². The third-order valence-corrected chi connectivity index (χ3v) is 6.49. The second-order valence-corrected chi connectivity index (χ2v) is 9.26. The van der Waals surface area contributed by atoms with E-state index in [2.05, 4.69) is 60.6 Å². The van der Waals surface area contributed by atoms with E-state index in [1.165, 1.54) is 5.56 Å². The molecule has 0 spiro atoms. The van der Waals surface area contributed by atoms with E-state index in [0.29, 0.717) is 42.0 Å². The number of fused-ring (bicyclic) bond motifs is 1. The van der Waals surface area contributed by atoms with Crippen LogP contribution in [0, 0.1) is 0 Å². The summed E-state index contributed by atoms with van der Waals surface area (Å²) in [4.78, 5) is 15.8. The maximum atomic E-state index is 13.4. The average molecular weight is 500 g/mol. The molecule has 6 nitrogen and oxygen atoms in total. The first kappa shape index (κ1) is 26.3. The van der Waals surface area contributed by atoms with Crippen LogP contribution in [0.3, 0.4) is 0 Å². The zero-order valence-electron chi connectivity index (χ0n) is 22.4. The number of nitrogens with one attached hydrogen (secondary N) is 2. The highest BCUT2D eigenvalue weighted by atomic mass is 16.5. The minimum Gasteiger partial charge on any atom is -0.490 e. The van der Waals surface area contributed by atoms with Crippen LogP contribution in [-0.4, -0.2) is 36.6 Å². The smallest absolute Gasteiger partial charge is 0.258 e. The van der Waals surface area contributed by atoms with Crippen molar-refractivity contribution in [3.8, 4) is 11.5 Å². The monoisotopic (exact) mass is 499 g/mol. The summed E-state index contributed by atoms with van der Waals surface area (Å²) >= 11 is 0. The molecule has 0 bridgehead atoms. The first-order valence-corrected chi connectivity index (χ1v) is 13.1. The number of hydrogen-bond donors (Lipinski definition) is 2. The summed E-state index contributed by atoms with van der Waals surface area (Å²) in [6.07, 6.45) is 0. The Bertz CT molecular complexity index is 1250. The van der Waals surface area contributed by atoms with Crippen molar-refractivity contribution in [3.63, 3.8) is 0 Å². The summed E-state index contributed by atoms with van der Waals surface area (Å²) in [6.45, 7) is 13.4. The highest BCUT2D eigenvalue weighted by molar-refractivity contribution is 6.37. The van der Waals surface area contributed by atoms with Gasteiger partial charge in [0.1, 0.15) is 0 Å². The molecule has 4 rings (SSSR count). The van der Waals surface area contributed by atoms with Gasteiger partial charge >= 0.3 is 0 Å². The number of rotatable bonds is 11. The van der Waals surface area contributed by atoms with Gasteiger partial charge in [-0.3, -0.25) is 9.69 Å². The summed E-state index contributed by atoms with van der Waals surface area (Å²) < 4.78 is 11.6. The Morgan fingerprint density at radius 1 is 0.919 bits per heavy atom. The van der Waals surface area contributed by atoms with Crippen molar-refractivity contribution >= 4 is 28.6 Å². The van der Waals surface area contributed by atoms with Gasteiger partial charge in [-0.2, -0.15) is 0 Å². The SMILES string of the molecule is CCOc1cc2c(cc1OCC)/C(=C(/Nc1ccc(CN(CC)C(C)C)cc1)c1ccccc1)C(=O)N2. The van der Waals surface area contributed by atoms with E-state index in [4.69, 9.17) is 9.47 Å². The topological polar surface area (TPSA) is 62.8 Å². The molecule has 3 aromatic rings. The quantitative estimate of drug-likeness (QED) is 0.289. The molecule has 0 aromatic heterocycles. The molecule has 0 saturated heterocycles. The fraction of sp³-hybridized carbons (Fsp3) is 0.323. The molecule has 0 saturated carbocycles. The van der Waals surface area contributed by atoms with Gasteiger partial charge in [0.25, 0.3) is 5.91 Å². The highest BCUT2D eigenvalue weighted by Crippen LogP contribution is 2.43. The number of ether oxygens (including phenoxy) is 2. The van der Waals surface area contributed by atoms with Gasteiger partial charge in [-0.15, -0.1) is 0 Å². The van der Waals surface area contributed by atoms with E-state index in [-0.39, 0.29) is 5.91 Å². The van der Waals surface area contributed by atoms with Crippen molar-refractivity contribution in [2.75, 3.05) is 30.4 Å². The van der Waals surface area contributed by atoms with Crippen LogP contribution >= 0.6 is 0 Å².